The van der Waals surface area contributed by atoms with Crippen LogP contribution >= 0.6 is 0 Å². The van der Waals surface area contributed by atoms with Crippen molar-refractivity contribution < 1.29 is 14.7 Å². The van der Waals surface area contributed by atoms with Gasteiger partial charge in [0.2, 0.25) is 0 Å². The van der Waals surface area contributed by atoms with E-state index in [-0.39, 0.29) is 0 Å². The predicted molar refractivity (Wildman–Crippen MR) is 58.6 cm³/mol. The molecule has 4 heteroatoms. The molecule has 0 saturated carbocycles. The van der Waals surface area contributed by atoms with Crippen molar-refractivity contribution in [2.24, 2.45) is 5.16 Å². The second kappa shape index (κ2) is 4.63. The van der Waals surface area contributed by atoms with Crippen LogP contribution in [-0.4, -0.2) is 16.5 Å². The van der Waals surface area contributed by atoms with E-state index >= 15 is 0 Å². The number of benzene rings is 1. The summed E-state index contributed by atoms with van der Waals surface area (Å²) in [5, 5.41) is 21.2. The fourth-order valence-corrected chi connectivity index (χ4v) is 1.44. The minimum Gasteiger partial charge on any atom is -0.457 e. The maximum atomic E-state index is 9.97. The number of aliphatic hydroxyl groups is 1. The molecule has 2 aromatic rings. The van der Waals surface area contributed by atoms with Gasteiger partial charge in [0, 0.05) is 0 Å². The van der Waals surface area contributed by atoms with Crippen molar-refractivity contribution >= 4 is 6.21 Å². The van der Waals surface area contributed by atoms with Crippen molar-refractivity contribution in [3.05, 3.63) is 59.5 Å². The van der Waals surface area contributed by atoms with Crippen molar-refractivity contribution in [3.63, 3.8) is 0 Å². The largest absolute Gasteiger partial charge is 0.457 e. The monoisotopic (exact) mass is 217 g/mol. The lowest BCUT2D eigenvalue weighted by Crippen LogP contribution is -1.97. The summed E-state index contributed by atoms with van der Waals surface area (Å²) in [4.78, 5) is 0. The second-order valence-electron chi connectivity index (χ2n) is 3.30. The SMILES string of the molecule is O/N=C/c1ccc(C(O)c2ccccc2)o1. The van der Waals surface area contributed by atoms with E-state index in [0.29, 0.717) is 11.5 Å². The molecular formula is C12H11NO3. The van der Waals surface area contributed by atoms with E-state index in [0.717, 1.165) is 5.56 Å². The van der Waals surface area contributed by atoms with Gasteiger partial charge >= 0.3 is 0 Å². The van der Waals surface area contributed by atoms with Gasteiger partial charge in [0.25, 0.3) is 0 Å². The summed E-state index contributed by atoms with van der Waals surface area (Å²) in [6.45, 7) is 0. The quantitative estimate of drug-likeness (QED) is 0.470. The van der Waals surface area contributed by atoms with Crippen LogP contribution in [0.25, 0.3) is 0 Å². The maximum absolute atomic E-state index is 9.97. The van der Waals surface area contributed by atoms with E-state index in [4.69, 9.17) is 9.62 Å². The van der Waals surface area contributed by atoms with Gasteiger partial charge in [-0.25, -0.2) is 0 Å². The first-order valence-corrected chi connectivity index (χ1v) is 4.81. The summed E-state index contributed by atoms with van der Waals surface area (Å²) in [6.07, 6.45) is 0.364. The normalized spacial score (nSPS) is 13.1. The van der Waals surface area contributed by atoms with Crippen LogP contribution in [0.1, 0.15) is 23.2 Å². The highest BCUT2D eigenvalue weighted by Crippen LogP contribution is 2.22. The first-order chi connectivity index (χ1) is 7.81. The third kappa shape index (κ3) is 2.12. The van der Waals surface area contributed by atoms with Gasteiger partial charge in [-0.2, -0.15) is 0 Å². The van der Waals surface area contributed by atoms with Gasteiger partial charge in [-0.05, 0) is 17.7 Å². The number of oxime groups is 1. The Hall–Kier alpha value is -2.07. The molecule has 1 unspecified atom stereocenters. The Morgan fingerprint density at radius 2 is 1.88 bits per heavy atom. The van der Waals surface area contributed by atoms with Crippen LogP contribution in [0.3, 0.4) is 0 Å². The first kappa shape index (κ1) is 10.4. The highest BCUT2D eigenvalue weighted by atomic mass is 16.4. The zero-order chi connectivity index (χ0) is 11.4. The molecule has 0 aliphatic heterocycles. The molecule has 0 amide bonds. The molecule has 0 aliphatic rings. The summed E-state index contributed by atoms with van der Waals surface area (Å²) in [6, 6.07) is 12.5. The zero-order valence-electron chi connectivity index (χ0n) is 8.45. The van der Waals surface area contributed by atoms with Crippen LogP contribution in [0.4, 0.5) is 0 Å². The molecule has 1 atom stereocenters. The van der Waals surface area contributed by atoms with Gasteiger partial charge in [-0.3, -0.25) is 0 Å². The smallest absolute Gasteiger partial charge is 0.148 e. The van der Waals surface area contributed by atoms with Gasteiger partial charge in [-0.1, -0.05) is 35.5 Å². The summed E-state index contributed by atoms with van der Waals surface area (Å²) in [5.74, 6) is 0.814. The standard InChI is InChI=1S/C12H11NO3/c14-12(9-4-2-1-3-5-9)11-7-6-10(16-11)8-13-15/h1-8,12,14-15H/b13-8+. The van der Waals surface area contributed by atoms with Crippen LogP contribution in [0.15, 0.2) is 52.0 Å². The van der Waals surface area contributed by atoms with Crippen molar-refractivity contribution in [2.75, 3.05) is 0 Å². The number of hydrogen-bond donors (Lipinski definition) is 2. The van der Waals surface area contributed by atoms with Crippen LogP contribution < -0.4 is 0 Å². The zero-order valence-corrected chi connectivity index (χ0v) is 8.45. The van der Waals surface area contributed by atoms with E-state index in [1.165, 1.54) is 6.21 Å². The molecule has 2 rings (SSSR count). The minimum absolute atomic E-state index is 0.396. The summed E-state index contributed by atoms with van der Waals surface area (Å²) < 4.78 is 5.28. The number of hydrogen-bond acceptors (Lipinski definition) is 4. The Labute approximate surface area is 92.5 Å². The molecule has 0 spiro atoms. The molecule has 4 nitrogen and oxygen atoms in total. The molecule has 1 aromatic carbocycles. The number of nitrogens with zero attached hydrogens (tertiary/aromatic N) is 1. The van der Waals surface area contributed by atoms with Crippen molar-refractivity contribution in [1.82, 2.24) is 0 Å². The molecule has 82 valence electrons. The van der Waals surface area contributed by atoms with Crippen molar-refractivity contribution in [2.45, 2.75) is 6.10 Å². The Balaban J connectivity index is 2.24. The average molecular weight is 217 g/mol. The Morgan fingerprint density at radius 3 is 2.56 bits per heavy atom. The Morgan fingerprint density at radius 1 is 1.12 bits per heavy atom. The molecule has 1 heterocycles. The summed E-state index contributed by atoms with van der Waals surface area (Å²) >= 11 is 0. The van der Waals surface area contributed by atoms with Crippen LogP contribution in [0.2, 0.25) is 0 Å². The van der Waals surface area contributed by atoms with E-state index in [9.17, 15) is 5.11 Å². The molecule has 1 aromatic heterocycles. The fourth-order valence-electron chi connectivity index (χ4n) is 1.44. The third-order valence-electron chi connectivity index (χ3n) is 2.22. The lowest BCUT2D eigenvalue weighted by molar-refractivity contribution is 0.189. The highest BCUT2D eigenvalue weighted by molar-refractivity contribution is 5.75. The lowest BCUT2D eigenvalue weighted by atomic mass is 10.1. The highest BCUT2D eigenvalue weighted by Gasteiger charge is 2.13. The fraction of sp³-hybridized carbons (Fsp3) is 0.0833. The van der Waals surface area contributed by atoms with Crippen molar-refractivity contribution in [1.29, 1.82) is 0 Å². The van der Waals surface area contributed by atoms with Crippen molar-refractivity contribution in [3.8, 4) is 0 Å². The van der Waals surface area contributed by atoms with Crippen LogP contribution in [0.5, 0.6) is 0 Å². The average Bonchev–Trinajstić information content (AvgIpc) is 2.78. The minimum atomic E-state index is -0.804. The van der Waals surface area contributed by atoms with Gasteiger partial charge in [-0.15, -0.1) is 0 Å². The number of rotatable bonds is 3. The molecule has 0 fully saturated rings. The van der Waals surface area contributed by atoms with Gasteiger partial charge in [0.15, 0.2) is 0 Å². The number of furan rings is 1. The van der Waals surface area contributed by atoms with E-state index in [1.807, 2.05) is 30.3 Å². The summed E-state index contributed by atoms with van der Waals surface area (Å²) in [7, 11) is 0. The second-order valence-corrected chi connectivity index (χ2v) is 3.30. The third-order valence-corrected chi connectivity index (χ3v) is 2.22. The van der Waals surface area contributed by atoms with Gasteiger partial charge < -0.3 is 14.7 Å². The lowest BCUT2D eigenvalue weighted by Gasteiger charge is -2.06. The molecule has 0 aliphatic carbocycles. The van der Waals surface area contributed by atoms with Gasteiger partial charge in [0.05, 0.1) is 0 Å². The van der Waals surface area contributed by atoms with E-state index in [1.54, 1.807) is 12.1 Å². The molecule has 2 N–H and O–H groups in total. The molecule has 0 saturated heterocycles. The van der Waals surface area contributed by atoms with E-state index < -0.39 is 6.10 Å². The predicted octanol–water partition coefficient (Wildman–Crippen LogP) is 2.17. The number of aliphatic hydroxyl groups excluding tert-OH is 1. The Bertz CT molecular complexity index is 476. The summed E-state index contributed by atoms with van der Waals surface area (Å²) in [5.41, 5.74) is 0.754. The molecular weight excluding hydrogens is 206 g/mol. The Kier molecular flexibility index (Phi) is 3.03. The topological polar surface area (TPSA) is 66.0 Å². The maximum Gasteiger partial charge on any atom is 0.148 e. The molecule has 0 radical (unpaired) electrons. The first-order valence-electron chi connectivity index (χ1n) is 4.81. The molecule has 0 bridgehead atoms. The van der Waals surface area contributed by atoms with Gasteiger partial charge in [0.1, 0.15) is 23.8 Å². The van der Waals surface area contributed by atoms with E-state index in [2.05, 4.69) is 5.16 Å². The molecule has 16 heavy (non-hydrogen) atoms. The van der Waals surface area contributed by atoms with Crippen LogP contribution in [-0.2, 0) is 0 Å². The van der Waals surface area contributed by atoms with Crippen LogP contribution in [0, 0.1) is 0 Å².